The van der Waals surface area contributed by atoms with E-state index >= 15 is 0 Å². The zero-order valence-corrected chi connectivity index (χ0v) is 9.28. The van der Waals surface area contributed by atoms with Crippen molar-refractivity contribution in [1.82, 2.24) is 15.2 Å². The molecule has 0 aromatic carbocycles. The van der Waals surface area contributed by atoms with E-state index < -0.39 is 0 Å². The van der Waals surface area contributed by atoms with Gasteiger partial charge in [-0.2, -0.15) is 0 Å². The smallest absolute Gasteiger partial charge is 0.228 e. The van der Waals surface area contributed by atoms with Gasteiger partial charge in [0.25, 0.3) is 0 Å². The van der Waals surface area contributed by atoms with Gasteiger partial charge in [0.2, 0.25) is 5.91 Å². The monoisotopic (exact) mass is 219 g/mol. The molecule has 2 N–H and O–H groups in total. The Balaban J connectivity index is 1.76. The highest BCUT2D eigenvalue weighted by Crippen LogP contribution is 2.32. The number of hydrogen-bond donors (Lipinski definition) is 2. The first-order valence-electron chi connectivity index (χ1n) is 6.01. The van der Waals surface area contributed by atoms with E-state index in [1.165, 1.54) is 5.69 Å². The number of hydrogen-bond acceptors (Lipinski definition) is 2. The van der Waals surface area contributed by atoms with Crippen molar-refractivity contribution in [2.24, 2.45) is 5.92 Å². The van der Waals surface area contributed by atoms with Crippen molar-refractivity contribution in [3.63, 3.8) is 0 Å². The molecular weight excluding hydrogens is 202 g/mol. The van der Waals surface area contributed by atoms with Crippen LogP contribution in [-0.4, -0.2) is 35.4 Å². The van der Waals surface area contributed by atoms with Gasteiger partial charge in [-0.3, -0.25) is 4.79 Å². The minimum Gasteiger partial charge on any atom is -0.363 e. The molecule has 1 amide bonds. The van der Waals surface area contributed by atoms with E-state index in [-0.39, 0.29) is 12.0 Å². The van der Waals surface area contributed by atoms with Crippen molar-refractivity contribution in [3.8, 4) is 0 Å². The van der Waals surface area contributed by atoms with Crippen LogP contribution in [0.25, 0.3) is 0 Å². The van der Waals surface area contributed by atoms with Gasteiger partial charge in [0, 0.05) is 31.5 Å². The Labute approximate surface area is 95.0 Å². The maximum Gasteiger partial charge on any atom is 0.228 e. The molecule has 0 saturated carbocycles. The van der Waals surface area contributed by atoms with E-state index in [9.17, 15) is 4.79 Å². The summed E-state index contributed by atoms with van der Waals surface area (Å²) in [5.41, 5.74) is 1.18. The maximum atomic E-state index is 12.2. The van der Waals surface area contributed by atoms with Crippen molar-refractivity contribution in [3.05, 3.63) is 24.0 Å². The molecule has 16 heavy (non-hydrogen) atoms. The van der Waals surface area contributed by atoms with Crippen LogP contribution in [0.15, 0.2) is 18.3 Å². The molecule has 2 fully saturated rings. The molecule has 3 heterocycles. The standard InChI is InChI=1S/C12H17N3O/c16-12(9-7-13-8-9)15-6-2-4-11(15)10-3-1-5-14-10/h1,3,5,9,11,13-14H,2,4,6-8H2. The molecule has 3 rings (SSSR count). The lowest BCUT2D eigenvalue weighted by Crippen LogP contribution is -2.51. The van der Waals surface area contributed by atoms with Crippen molar-refractivity contribution in [1.29, 1.82) is 0 Å². The van der Waals surface area contributed by atoms with Gasteiger partial charge in [-0.15, -0.1) is 0 Å². The zero-order valence-electron chi connectivity index (χ0n) is 9.28. The van der Waals surface area contributed by atoms with Gasteiger partial charge in [0.1, 0.15) is 0 Å². The van der Waals surface area contributed by atoms with Crippen LogP contribution in [0.2, 0.25) is 0 Å². The third-order valence-corrected chi connectivity index (χ3v) is 3.65. The summed E-state index contributed by atoms with van der Waals surface area (Å²) in [6.07, 6.45) is 4.14. The van der Waals surface area contributed by atoms with Crippen LogP contribution >= 0.6 is 0 Å². The molecule has 0 spiro atoms. The molecule has 0 aliphatic carbocycles. The number of amides is 1. The lowest BCUT2D eigenvalue weighted by molar-refractivity contribution is -0.138. The Kier molecular flexibility index (Phi) is 2.44. The first-order valence-corrected chi connectivity index (χ1v) is 6.01. The number of nitrogens with one attached hydrogen (secondary N) is 2. The summed E-state index contributed by atoms with van der Waals surface area (Å²) >= 11 is 0. The number of likely N-dealkylation sites (tertiary alicyclic amines) is 1. The number of aromatic amines is 1. The van der Waals surface area contributed by atoms with Crippen LogP contribution in [-0.2, 0) is 4.79 Å². The van der Waals surface area contributed by atoms with Gasteiger partial charge in [-0.25, -0.2) is 0 Å². The largest absolute Gasteiger partial charge is 0.363 e. The lowest BCUT2D eigenvalue weighted by atomic mass is 10.0. The van der Waals surface area contributed by atoms with Crippen molar-refractivity contribution < 1.29 is 4.79 Å². The first kappa shape index (κ1) is 9.90. The lowest BCUT2D eigenvalue weighted by Gasteiger charge is -2.33. The summed E-state index contributed by atoms with van der Waals surface area (Å²) in [5, 5.41) is 3.16. The van der Waals surface area contributed by atoms with Crippen molar-refractivity contribution in [2.45, 2.75) is 18.9 Å². The Hall–Kier alpha value is -1.29. The predicted molar refractivity (Wildman–Crippen MR) is 60.8 cm³/mol. The second-order valence-corrected chi connectivity index (χ2v) is 4.67. The van der Waals surface area contributed by atoms with Crippen molar-refractivity contribution in [2.75, 3.05) is 19.6 Å². The third-order valence-electron chi connectivity index (χ3n) is 3.65. The molecule has 4 heteroatoms. The maximum absolute atomic E-state index is 12.2. The third kappa shape index (κ3) is 1.53. The van der Waals surface area contributed by atoms with Crippen LogP contribution in [0.4, 0.5) is 0 Å². The average molecular weight is 219 g/mol. The van der Waals surface area contributed by atoms with Crippen LogP contribution in [0.1, 0.15) is 24.6 Å². The molecule has 0 bridgehead atoms. The van der Waals surface area contributed by atoms with Gasteiger partial charge >= 0.3 is 0 Å². The molecule has 1 aromatic rings. The van der Waals surface area contributed by atoms with Crippen LogP contribution in [0.5, 0.6) is 0 Å². The van der Waals surface area contributed by atoms with Crippen molar-refractivity contribution >= 4 is 5.91 Å². The Morgan fingerprint density at radius 1 is 1.44 bits per heavy atom. The highest BCUT2D eigenvalue weighted by Gasteiger charge is 2.36. The van der Waals surface area contributed by atoms with Gasteiger partial charge in [0.15, 0.2) is 0 Å². The van der Waals surface area contributed by atoms with E-state index in [0.717, 1.165) is 32.5 Å². The molecule has 1 unspecified atom stereocenters. The molecule has 4 nitrogen and oxygen atoms in total. The number of carbonyl (C=O) groups is 1. The van der Waals surface area contributed by atoms with E-state index in [0.29, 0.717) is 5.91 Å². The minimum absolute atomic E-state index is 0.218. The highest BCUT2D eigenvalue weighted by atomic mass is 16.2. The SMILES string of the molecule is O=C(C1CNC1)N1CCCC1c1ccc[nH]1. The summed E-state index contributed by atoms with van der Waals surface area (Å²) in [7, 11) is 0. The number of aromatic nitrogens is 1. The summed E-state index contributed by atoms with van der Waals surface area (Å²) in [6, 6.07) is 4.36. The molecule has 1 aromatic heterocycles. The molecule has 86 valence electrons. The normalized spacial score (nSPS) is 25.8. The summed E-state index contributed by atoms with van der Waals surface area (Å²) in [5.74, 6) is 0.548. The Morgan fingerprint density at radius 2 is 2.31 bits per heavy atom. The quantitative estimate of drug-likeness (QED) is 0.776. The second-order valence-electron chi connectivity index (χ2n) is 4.67. The highest BCUT2D eigenvalue weighted by molar-refractivity contribution is 5.81. The van der Waals surface area contributed by atoms with Crippen LogP contribution in [0.3, 0.4) is 0 Å². The fourth-order valence-corrected chi connectivity index (χ4v) is 2.60. The van der Waals surface area contributed by atoms with Crippen LogP contribution in [0, 0.1) is 5.92 Å². The van der Waals surface area contributed by atoms with E-state index in [4.69, 9.17) is 0 Å². The molecule has 2 saturated heterocycles. The van der Waals surface area contributed by atoms with E-state index in [1.807, 2.05) is 12.3 Å². The van der Waals surface area contributed by atoms with Gasteiger partial charge < -0.3 is 15.2 Å². The number of rotatable bonds is 2. The summed E-state index contributed by atoms with van der Waals surface area (Å²) in [4.78, 5) is 17.5. The van der Waals surface area contributed by atoms with Gasteiger partial charge in [-0.05, 0) is 25.0 Å². The second kappa shape index (κ2) is 3.94. The number of nitrogens with zero attached hydrogens (tertiary/aromatic N) is 1. The summed E-state index contributed by atoms with van der Waals surface area (Å²) in [6.45, 7) is 2.62. The van der Waals surface area contributed by atoms with E-state index in [2.05, 4.69) is 21.3 Å². The Bertz CT molecular complexity index is 370. The molecule has 0 radical (unpaired) electrons. The fraction of sp³-hybridized carbons (Fsp3) is 0.583. The molecule has 1 atom stereocenters. The number of H-pyrrole nitrogens is 1. The molecular formula is C12H17N3O. The molecule has 2 aliphatic heterocycles. The average Bonchev–Trinajstić information content (AvgIpc) is 2.85. The number of carbonyl (C=O) groups excluding carboxylic acids is 1. The first-order chi connectivity index (χ1) is 7.86. The fourth-order valence-electron chi connectivity index (χ4n) is 2.60. The summed E-state index contributed by atoms with van der Waals surface area (Å²) < 4.78 is 0. The van der Waals surface area contributed by atoms with Gasteiger partial charge in [0.05, 0.1) is 12.0 Å². The van der Waals surface area contributed by atoms with Gasteiger partial charge in [-0.1, -0.05) is 0 Å². The minimum atomic E-state index is 0.218. The predicted octanol–water partition coefficient (Wildman–Crippen LogP) is 0.898. The zero-order chi connectivity index (χ0) is 11.0. The van der Waals surface area contributed by atoms with Crippen LogP contribution < -0.4 is 5.32 Å². The molecule has 2 aliphatic rings. The van der Waals surface area contributed by atoms with E-state index in [1.54, 1.807) is 0 Å². The topological polar surface area (TPSA) is 48.1 Å². The Morgan fingerprint density at radius 3 is 2.94 bits per heavy atom.